The van der Waals surface area contributed by atoms with Crippen molar-refractivity contribution in [2.75, 3.05) is 6.54 Å². The van der Waals surface area contributed by atoms with E-state index in [0.717, 1.165) is 25.7 Å². The molecular weight excluding hydrogens is 390 g/mol. The molecule has 0 N–H and O–H groups in total. The predicted octanol–water partition coefficient (Wildman–Crippen LogP) is 5.62. The van der Waals surface area contributed by atoms with Gasteiger partial charge in [-0.2, -0.15) is 0 Å². The number of carbonyl (C=O) groups excluding carboxylic acids is 2. The lowest BCUT2D eigenvalue weighted by atomic mass is 9.67. The summed E-state index contributed by atoms with van der Waals surface area (Å²) in [5, 5.41) is 0. The van der Waals surface area contributed by atoms with E-state index in [9.17, 15) is 9.59 Å². The number of rotatable bonds is 9. The summed E-state index contributed by atoms with van der Waals surface area (Å²) < 4.78 is 11.8. The van der Waals surface area contributed by atoms with E-state index in [2.05, 4.69) is 39.5 Å². The molecule has 0 radical (unpaired) electrons. The minimum atomic E-state index is -0.291. The van der Waals surface area contributed by atoms with Crippen LogP contribution in [0.2, 0.25) is 0 Å². The standard InChI is InChI=1S/C26H41NO4/c1-8-14-23(28)31-22-17-25(6,9-2)27(26(7,10-3)20(22)5)18-19(4)30-24(29)21-15-12-11-13-16-21/h11-13,15-16,19-20,22H,8-10,14,17-18H2,1-7H3. The molecular formula is C26H41NO4. The molecule has 0 amide bonds. The van der Waals surface area contributed by atoms with Crippen molar-refractivity contribution in [3.05, 3.63) is 35.9 Å². The van der Waals surface area contributed by atoms with Crippen LogP contribution in [0.3, 0.4) is 0 Å². The van der Waals surface area contributed by atoms with Crippen LogP contribution in [0.4, 0.5) is 0 Å². The number of ether oxygens (including phenoxy) is 2. The van der Waals surface area contributed by atoms with Crippen molar-refractivity contribution in [1.29, 1.82) is 0 Å². The van der Waals surface area contributed by atoms with Crippen LogP contribution in [0.5, 0.6) is 0 Å². The highest BCUT2D eigenvalue weighted by Crippen LogP contribution is 2.46. The molecule has 0 spiro atoms. The summed E-state index contributed by atoms with van der Waals surface area (Å²) in [5.41, 5.74) is 0.246. The SMILES string of the molecule is CCCC(=O)OC1CC(C)(CC)N(CC(C)OC(=O)c2ccccc2)C(C)(CC)C1C. The van der Waals surface area contributed by atoms with Gasteiger partial charge < -0.3 is 9.47 Å². The molecule has 174 valence electrons. The molecule has 1 aromatic rings. The molecule has 5 atom stereocenters. The molecule has 31 heavy (non-hydrogen) atoms. The molecule has 1 aromatic carbocycles. The number of piperidine rings is 1. The lowest BCUT2D eigenvalue weighted by molar-refractivity contribution is -0.180. The maximum Gasteiger partial charge on any atom is 0.338 e. The maximum absolute atomic E-state index is 12.6. The van der Waals surface area contributed by atoms with E-state index in [1.54, 1.807) is 12.1 Å². The van der Waals surface area contributed by atoms with Crippen molar-refractivity contribution < 1.29 is 19.1 Å². The Morgan fingerprint density at radius 1 is 1.13 bits per heavy atom. The second-order valence-electron chi connectivity index (χ2n) is 9.52. The highest BCUT2D eigenvalue weighted by Gasteiger charge is 2.54. The van der Waals surface area contributed by atoms with E-state index in [1.807, 2.05) is 32.0 Å². The zero-order valence-corrected chi connectivity index (χ0v) is 20.4. The summed E-state index contributed by atoms with van der Waals surface area (Å²) in [6.45, 7) is 15.7. The van der Waals surface area contributed by atoms with Gasteiger partial charge in [0.25, 0.3) is 0 Å². The van der Waals surface area contributed by atoms with Crippen LogP contribution < -0.4 is 0 Å². The Balaban J connectivity index is 2.21. The number of hydrogen-bond donors (Lipinski definition) is 0. The summed E-state index contributed by atoms with van der Waals surface area (Å²) in [4.78, 5) is 27.3. The van der Waals surface area contributed by atoms with Crippen molar-refractivity contribution in [2.24, 2.45) is 5.92 Å². The van der Waals surface area contributed by atoms with Crippen molar-refractivity contribution in [3.63, 3.8) is 0 Å². The third-order valence-electron chi connectivity index (χ3n) is 7.42. The van der Waals surface area contributed by atoms with Crippen molar-refractivity contribution in [1.82, 2.24) is 4.90 Å². The quantitative estimate of drug-likeness (QED) is 0.475. The average molecular weight is 432 g/mol. The van der Waals surface area contributed by atoms with E-state index < -0.39 is 0 Å². The predicted molar refractivity (Wildman–Crippen MR) is 124 cm³/mol. The molecule has 1 saturated heterocycles. The fraction of sp³-hybridized carbons (Fsp3) is 0.692. The van der Waals surface area contributed by atoms with Gasteiger partial charge in [-0.15, -0.1) is 0 Å². The van der Waals surface area contributed by atoms with Crippen LogP contribution in [0.15, 0.2) is 30.3 Å². The van der Waals surface area contributed by atoms with Crippen molar-refractivity contribution >= 4 is 11.9 Å². The first-order valence-electron chi connectivity index (χ1n) is 11.8. The fourth-order valence-corrected chi connectivity index (χ4v) is 4.96. The molecule has 0 aliphatic carbocycles. The van der Waals surface area contributed by atoms with Crippen molar-refractivity contribution in [3.8, 4) is 0 Å². The Kier molecular flexibility index (Phi) is 8.70. The number of likely N-dealkylation sites (tertiary alicyclic amines) is 1. The molecule has 1 fully saturated rings. The van der Waals surface area contributed by atoms with Crippen LogP contribution in [-0.4, -0.2) is 46.7 Å². The van der Waals surface area contributed by atoms with Crippen molar-refractivity contribution in [2.45, 2.75) is 104 Å². The molecule has 1 aliphatic rings. The van der Waals surface area contributed by atoms with Gasteiger partial charge in [-0.3, -0.25) is 9.69 Å². The number of benzene rings is 1. The second-order valence-corrected chi connectivity index (χ2v) is 9.52. The van der Waals surface area contributed by atoms with Gasteiger partial charge in [0.05, 0.1) is 5.56 Å². The number of esters is 2. The molecule has 1 heterocycles. The largest absolute Gasteiger partial charge is 0.462 e. The third-order valence-corrected chi connectivity index (χ3v) is 7.42. The number of nitrogens with zero attached hydrogens (tertiary/aromatic N) is 1. The Labute approximate surface area is 188 Å². The molecule has 1 aliphatic heterocycles. The van der Waals surface area contributed by atoms with Crippen LogP contribution in [-0.2, 0) is 14.3 Å². The molecule has 2 rings (SSSR count). The van der Waals surface area contributed by atoms with Gasteiger partial charge in [0.15, 0.2) is 0 Å². The number of carbonyl (C=O) groups is 2. The van der Waals surface area contributed by atoms with Crippen LogP contribution in [0.25, 0.3) is 0 Å². The smallest absolute Gasteiger partial charge is 0.338 e. The summed E-state index contributed by atoms with van der Waals surface area (Å²) in [7, 11) is 0. The molecule has 0 saturated carbocycles. The van der Waals surface area contributed by atoms with Crippen LogP contribution >= 0.6 is 0 Å². The minimum absolute atomic E-state index is 0.102. The Morgan fingerprint density at radius 2 is 1.77 bits per heavy atom. The number of hydrogen-bond acceptors (Lipinski definition) is 5. The summed E-state index contributed by atoms with van der Waals surface area (Å²) in [6, 6.07) is 9.13. The lowest BCUT2D eigenvalue weighted by Gasteiger charge is -2.60. The van der Waals surface area contributed by atoms with E-state index in [0.29, 0.717) is 18.5 Å². The Morgan fingerprint density at radius 3 is 2.32 bits per heavy atom. The molecule has 0 aromatic heterocycles. The van der Waals surface area contributed by atoms with E-state index in [1.165, 1.54) is 0 Å². The molecule has 5 heteroatoms. The average Bonchev–Trinajstić information content (AvgIpc) is 2.75. The van der Waals surface area contributed by atoms with Crippen LogP contribution in [0.1, 0.15) is 90.9 Å². The molecule has 5 unspecified atom stereocenters. The van der Waals surface area contributed by atoms with Gasteiger partial charge in [0.1, 0.15) is 12.2 Å². The highest BCUT2D eigenvalue weighted by atomic mass is 16.5. The maximum atomic E-state index is 12.6. The van der Waals surface area contributed by atoms with Gasteiger partial charge in [0, 0.05) is 36.4 Å². The minimum Gasteiger partial charge on any atom is -0.462 e. The van der Waals surface area contributed by atoms with E-state index >= 15 is 0 Å². The molecule has 5 nitrogen and oxygen atoms in total. The first-order valence-corrected chi connectivity index (χ1v) is 11.8. The van der Waals surface area contributed by atoms with E-state index in [4.69, 9.17) is 9.47 Å². The van der Waals surface area contributed by atoms with Gasteiger partial charge >= 0.3 is 11.9 Å². The first-order chi connectivity index (χ1) is 14.6. The van der Waals surface area contributed by atoms with Crippen LogP contribution in [0, 0.1) is 5.92 Å². The summed E-state index contributed by atoms with van der Waals surface area (Å²) in [5.74, 6) is -0.217. The van der Waals surface area contributed by atoms with Gasteiger partial charge in [0.2, 0.25) is 0 Å². The van der Waals surface area contributed by atoms with Gasteiger partial charge in [-0.05, 0) is 52.2 Å². The van der Waals surface area contributed by atoms with E-state index in [-0.39, 0.29) is 41.1 Å². The van der Waals surface area contributed by atoms with Gasteiger partial charge in [-0.25, -0.2) is 4.79 Å². The van der Waals surface area contributed by atoms with Gasteiger partial charge in [-0.1, -0.05) is 45.9 Å². The zero-order valence-electron chi connectivity index (χ0n) is 20.4. The third kappa shape index (κ3) is 5.68. The second kappa shape index (κ2) is 10.6. The molecule has 0 bridgehead atoms. The monoisotopic (exact) mass is 431 g/mol. The lowest BCUT2D eigenvalue weighted by Crippen LogP contribution is -2.69. The highest BCUT2D eigenvalue weighted by molar-refractivity contribution is 5.89. The zero-order chi connectivity index (χ0) is 23.2. The topological polar surface area (TPSA) is 55.8 Å². The summed E-state index contributed by atoms with van der Waals surface area (Å²) in [6.07, 6.45) is 3.54. The fourth-order valence-electron chi connectivity index (χ4n) is 4.96. The normalized spacial score (nSPS) is 29.9. The Hall–Kier alpha value is -1.88. The summed E-state index contributed by atoms with van der Waals surface area (Å²) >= 11 is 0. The first kappa shape index (κ1) is 25.4. The Bertz CT molecular complexity index is 736.